The Morgan fingerprint density at radius 2 is 2.04 bits per heavy atom. The van der Waals surface area contributed by atoms with Crippen molar-refractivity contribution in [2.24, 2.45) is 4.99 Å². The van der Waals surface area contributed by atoms with Gasteiger partial charge >= 0.3 is 0 Å². The molecule has 0 spiro atoms. The molecule has 28 heavy (non-hydrogen) atoms. The maximum Gasteiger partial charge on any atom is 0.131 e. The number of hydrogen-bond donors (Lipinski definition) is 0. The van der Waals surface area contributed by atoms with Crippen molar-refractivity contribution in [3.05, 3.63) is 63.4 Å². The van der Waals surface area contributed by atoms with E-state index in [4.69, 9.17) is 9.73 Å². The third kappa shape index (κ3) is 4.24. The number of halogens is 2. The van der Waals surface area contributed by atoms with Gasteiger partial charge in [-0.15, -0.1) is 0 Å². The number of rotatable bonds is 5. The minimum absolute atomic E-state index is 0.151. The molecule has 2 aromatic rings. The Morgan fingerprint density at radius 3 is 2.82 bits per heavy atom. The number of aliphatic imine (C=N–C) groups is 1. The van der Waals surface area contributed by atoms with Crippen LogP contribution >= 0.6 is 15.9 Å². The predicted octanol–water partition coefficient (Wildman–Crippen LogP) is 5.63. The van der Waals surface area contributed by atoms with Gasteiger partial charge in [-0.25, -0.2) is 4.39 Å². The molecule has 1 atom stereocenters. The van der Waals surface area contributed by atoms with Gasteiger partial charge < -0.3 is 9.64 Å². The summed E-state index contributed by atoms with van der Waals surface area (Å²) in [6.07, 6.45) is 3.72. The first kappa shape index (κ1) is 20.8. The number of methoxy groups -OCH3 is 1. The van der Waals surface area contributed by atoms with Gasteiger partial charge in [0.25, 0.3) is 0 Å². The molecule has 2 aliphatic rings. The minimum atomic E-state index is -0.151. The zero-order valence-corrected chi connectivity index (χ0v) is 18.4. The summed E-state index contributed by atoms with van der Waals surface area (Å²) in [6, 6.07) is 11.8. The Hall–Kier alpha value is -1.88. The number of benzene rings is 2. The average Bonchev–Trinajstić information content (AvgIpc) is 3.32. The highest BCUT2D eigenvalue weighted by Gasteiger charge is 2.33. The van der Waals surface area contributed by atoms with E-state index in [1.807, 2.05) is 38.1 Å². The molecule has 0 aliphatic carbocycles. The van der Waals surface area contributed by atoms with Crippen molar-refractivity contribution in [2.75, 3.05) is 20.2 Å². The van der Waals surface area contributed by atoms with Gasteiger partial charge in [0.2, 0.25) is 0 Å². The molecule has 0 saturated carbocycles. The molecule has 2 aliphatic heterocycles. The summed E-state index contributed by atoms with van der Waals surface area (Å²) in [6.45, 7) is 5.86. The largest absolute Gasteiger partial charge is 0.496 e. The molecule has 150 valence electrons. The van der Waals surface area contributed by atoms with Gasteiger partial charge in [-0.3, -0.25) is 4.99 Å². The lowest BCUT2D eigenvalue weighted by Crippen LogP contribution is -2.32. The smallest absolute Gasteiger partial charge is 0.131 e. The Morgan fingerprint density at radius 1 is 1.21 bits per heavy atom. The summed E-state index contributed by atoms with van der Waals surface area (Å²) in [5.74, 6) is 1.66. The van der Waals surface area contributed by atoms with Gasteiger partial charge in [-0.1, -0.05) is 41.9 Å². The van der Waals surface area contributed by atoms with Crippen LogP contribution in [0.5, 0.6) is 5.75 Å². The molecule has 1 fully saturated rings. The fraction of sp³-hybridized carbons (Fsp3) is 0.435. The Kier molecular flexibility index (Phi) is 7.11. The van der Waals surface area contributed by atoms with Gasteiger partial charge in [-0.2, -0.15) is 0 Å². The molecule has 1 saturated heterocycles. The Bertz CT molecular complexity index is 852. The number of aryl methyl sites for hydroxylation is 1. The zero-order valence-electron chi connectivity index (χ0n) is 16.8. The van der Waals surface area contributed by atoms with Crippen LogP contribution < -0.4 is 4.74 Å². The molecule has 3 nitrogen and oxygen atoms in total. The van der Waals surface area contributed by atoms with Crippen LogP contribution in [0.3, 0.4) is 0 Å². The third-order valence-corrected chi connectivity index (χ3v) is 5.84. The first-order valence-corrected chi connectivity index (χ1v) is 10.9. The fourth-order valence-electron chi connectivity index (χ4n) is 4.05. The molecule has 0 N–H and O–H groups in total. The van der Waals surface area contributed by atoms with Crippen LogP contribution in [0.15, 0.2) is 45.9 Å². The summed E-state index contributed by atoms with van der Waals surface area (Å²) >= 11 is 3.51. The van der Waals surface area contributed by atoms with E-state index in [-0.39, 0.29) is 5.82 Å². The minimum Gasteiger partial charge on any atom is -0.496 e. The summed E-state index contributed by atoms with van der Waals surface area (Å²) in [4.78, 5) is 7.10. The monoisotopic (exact) mass is 446 g/mol. The molecule has 2 aromatic carbocycles. The summed E-state index contributed by atoms with van der Waals surface area (Å²) < 4.78 is 21.2. The molecular formula is C23H28BrFN2O. The highest BCUT2D eigenvalue weighted by molar-refractivity contribution is 9.10. The lowest BCUT2D eigenvalue weighted by atomic mass is 9.97. The molecule has 0 unspecified atom stereocenters. The van der Waals surface area contributed by atoms with E-state index in [0.29, 0.717) is 18.9 Å². The van der Waals surface area contributed by atoms with E-state index < -0.39 is 0 Å². The first-order chi connectivity index (χ1) is 13.7. The van der Waals surface area contributed by atoms with E-state index in [0.717, 1.165) is 45.8 Å². The van der Waals surface area contributed by atoms with Crippen molar-refractivity contribution in [3.8, 4) is 5.75 Å². The maximum absolute atomic E-state index is 14.7. The number of nitrogens with zero attached hydrogens (tertiary/aromatic N) is 2. The number of amidine groups is 1. The SMILES string of the molecule is CC.COc1ccc(Br)cc1CCc1c(F)cccc1C1=NC[C@@H]2CCCN12. The van der Waals surface area contributed by atoms with Gasteiger partial charge in [-0.05, 0) is 61.1 Å². The second-order valence-corrected chi connectivity index (χ2v) is 7.79. The normalized spacial score (nSPS) is 17.7. The van der Waals surface area contributed by atoms with Crippen LogP contribution in [0.2, 0.25) is 0 Å². The predicted molar refractivity (Wildman–Crippen MR) is 117 cm³/mol. The van der Waals surface area contributed by atoms with E-state index in [9.17, 15) is 4.39 Å². The fourth-order valence-corrected chi connectivity index (χ4v) is 4.46. The average molecular weight is 447 g/mol. The molecule has 0 bridgehead atoms. The standard InChI is InChI=1S/C21H22BrFN2O.C2H6/c1-26-20-10-8-15(22)12-14(20)7-9-17-18(5-2-6-19(17)23)21-24-13-16-4-3-11-25(16)21;1-2/h2,5-6,8,10,12,16H,3-4,7,9,11,13H2,1H3;1-2H3/t16-;/m0./s1. The van der Waals surface area contributed by atoms with E-state index in [1.165, 1.54) is 12.8 Å². The van der Waals surface area contributed by atoms with Crippen molar-refractivity contribution in [3.63, 3.8) is 0 Å². The van der Waals surface area contributed by atoms with Gasteiger partial charge in [0, 0.05) is 16.6 Å². The van der Waals surface area contributed by atoms with Crippen molar-refractivity contribution < 1.29 is 9.13 Å². The lowest BCUT2D eigenvalue weighted by Gasteiger charge is -2.22. The zero-order chi connectivity index (χ0) is 20.1. The van der Waals surface area contributed by atoms with Crippen molar-refractivity contribution in [2.45, 2.75) is 45.6 Å². The molecule has 0 aromatic heterocycles. The molecule has 4 rings (SSSR count). The van der Waals surface area contributed by atoms with E-state index >= 15 is 0 Å². The lowest BCUT2D eigenvalue weighted by molar-refractivity contribution is 0.409. The van der Waals surface area contributed by atoms with Crippen LogP contribution in [0.1, 0.15) is 43.4 Å². The number of ether oxygens (including phenoxy) is 1. The third-order valence-electron chi connectivity index (χ3n) is 5.35. The van der Waals surface area contributed by atoms with Crippen molar-refractivity contribution >= 4 is 21.8 Å². The topological polar surface area (TPSA) is 24.8 Å². The summed E-state index contributed by atoms with van der Waals surface area (Å²) in [5, 5.41) is 0. The Labute approximate surface area is 175 Å². The molecule has 0 radical (unpaired) electrons. The quantitative estimate of drug-likeness (QED) is 0.593. The second kappa shape index (κ2) is 9.55. The van der Waals surface area contributed by atoms with Crippen molar-refractivity contribution in [1.29, 1.82) is 0 Å². The summed E-state index contributed by atoms with van der Waals surface area (Å²) in [7, 11) is 1.67. The summed E-state index contributed by atoms with van der Waals surface area (Å²) in [5.41, 5.74) is 2.77. The van der Waals surface area contributed by atoms with Crippen LogP contribution in [0.25, 0.3) is 0 Å². The van der Waals surface area contributed by atoms with Crippen LogP contribution in [0, 0.1) is 5.82 Å². The van der Waals surface area contributed by atoms with Gasteiger partial charge in [0.1, 0.15) is 17.4 Å². The second-order valence-electron chi connectivity index (χ2n) is 6.88. The van der Waals surface area contributed by atoms with Gasteiger partial charge in [0.05, 0.1) is 19.7 Å². The molecular weight excluding hydrogens is 419 g/mol. The van der Waals surface area contributed by atoms with E-state index in [1.54, 1.807) is 19.2 Å². The molecule has 0 amide bonds. The highest BCUT2D eigenvalue weighted by atomic mass is 79.9. The van der Waals surface area contributed by atoms with E-state index in [2.05, 4.69) is 20.8 Å². The van der Waals surface area contributed by atoms with Crippen LogP contribution in [-0.4, -0.2) is 37.0 Å². The number of hydrogen-bond acceptors (Lipinski definition) is 3. The Balaban J connectivity index is 0.00000109. The maximum atomic E-state index is 14.7. The highest BCUT2D eigenvalue weighted by Crippen LogP contribution is 2.30. The van der Waals surface area contributed by atoms with Crippen LogP contribution in [-0.2, 0) is 12.8 Å². The van der Waals surface area contributed by atoms with Crippen molar-refractivity contribution in [1.82, 2.24) is 4.90 Å². The van der Waals surface area contributed by atoms with Crippen LogP contribution in [0.4, 0.5) is 4.39 Å². The van der Waals surface area contributed by atoms with Gasteiger partial charge in [0.15, 0.2) is 0 Å². The molecule has 5 heteroatoms. The first-order valence-electron chi connectivity index (χ1n) is 10.1. The number of fused-ring (bicyclic) bond motifs is 1. The molecule has 2 heterocycles.